The first-order valence-corrected chi connectivity index (χ1v) is 10.6. The number of nitrogens with zero attached hydrogens (tertiary/aromatic N) is 3. The lowest BCUT2D eigenvalue weighted by Gasteiger charge is -2.32. The number of amides is 1. The van der Waals surface area contributed by atoms with Gasteiger partial charge in [-0.05, 0) is 42.7 Å². The van der Waals surface area contributed by atoms with E-state index in [0.29, 0.717) is 12.3 Å². The van der Waals surface area contributed by atoms with Crippen LogP contribution in [0.4, 0.5) is 0 Å². The summed E-state index contributed by atoms with van der Waals surface area (Å²) in [4.78, 5) is 21.1. The van der Waals surface area contributed by atoms with Crippen LogP contribution in [0.2, 0.25) is 0 Å². The van der Waals surface area contributed by atoms with E-state index < -0.39 is 0 Å². The molecule has 0 saturated carbocycles. The molecule has 154 valence electrons. The van der Waals surface area contributed by atoms with Crippen molar-refractivity contribution in [3.63, 3.8) is 0 Å². The highest BCUT2D eigenvalue weighted by molar-refractivity contribution is 5.98. The zero-order valence-corrected chi connectivity index (χ0v) is 18.0. The average molecular weight is 392 g/mol. The molecule has 1 heterocycles. The number of hydrogen-bond donors (Lipinski definition) is 0. The van der Waals surface area contributed by atoms with Crippen molar-refractivity contribution < 1.29 is 4.79 Å². The van der Waals surface area contributed by atoms with Gasteiger partial charge in [0.1, 0.15) is 5.84 Å². The van der Waals surface area contributed by atoms with Gasteiger partial charge in [-0.2, -0.15) is 0 Å². The summed E-state index contributed by atoms with van der Waals surface area (Å²) in [6.07, 6.45) is 4.73. The fourth-order valence-corrected chi connectivity index (χ4v) is 4.15. The second-order valence-electron chi connectivity index (χ2n) is 8.15. The molecule has 0 unspecified atom stereocenters. The monoisotopic (exact) mass is 391 g/mol. The number of hydrogen-bond acceptors (Lipinski definition) is 2. The maximum Gasteiger partial charge on any atom is 0.222 e. The Hall–Kier alpha value is -2.62. The van der Waals surface area contributed by atoms with Crippen LogP contribution in [0.5, 0.6) is 0 Å². The summed E-state index contributed by atoms with van der Waals surface area (Å²) in [5.41, 5.74) is 3.72. The van der Waals surface area contributed by atoms with E-state index in [4.69, 9.17) is 0 Å². The van der Waals surface area contributed by atoms with Crippen LogP contribution in [-0.2, 0) is 17.6 Å². The molecule has 1 aliphatic rings. The van der Waals surface area contributed by atoms with Crippen LogP contribution in [0, 0.1) is 5.92 Å². The van der Waals surface area contributed by atoms with Gasteiger partial charge in [0.15, 0.2) is 0 Å². The summed E-state index contributed by atoms with van der Waals surface area (Å²) in [6.45, 7) is 1.79. The Kier molecular flexibility index (Phi) is 7.45. The van der Waals surface area contributed by atoms with Crippen LogP contribution in [0.3, 0.4) is 0 Å². The maximum absolute atomic E-state index is 12.6. The molecule has 0 bridgehead atoms. The third kappa shape index (κ3) is 5.93. The van der Waals surface area contributed by atoms with Crippen LogP contribution >= 0.6 is 0 Å². The molecule has 29 heavy (non-hydrogen) atoms. The summed E-state index contributed by atoms with van der Waals surface area (Å²) in [7, 11) is 5.81. The lowest BCUT2D eigenvalue weighted by Crippen LogP contribution is -2.39. The number of rotatable bonds is 6. The number of benzene rings is 2. The zero-order chi connectivity index (χ0) is 20.6. The minimum absolute atomic E-state index is 0.288. The van der Waals surface area contributed by atoms with Crippen molar-refractivity contribution in [2.24, 2.45) is 10.9 Å². The molecule has 0 spiro atoms. The van der Waals surface area contributed by atoms with Crippen molar-refractivity contribution in [3.8, 4) is 0 Å². The van der Waals surface area contributed by atoms with Crippen LogP contribution in [0.1, 0.15) is 36.0 Å². The van der Waals surface area contributed by atoms with Gasteiger partial charge >= 0.3 is 0 Å². The van der Waals surface area contributed by atoms with E-state index in [0.717, 1.165) is 50.2 Å². The number of amidine groups is 1. The van der Waals surface area contributed by atoms with Crippen LogP contribution in [0.25, 0.3) is 0 Å². The third-order valence-electron chi connectivity index (χ3n) is 5.81. The fourth-order valence-electron chi connectivity index (χ4n) is 4.15. The van der Waals surface area contributed by atoms with Gasteiger partial charge in [-0.15, -0.1) is 0 Å². The van der Waals surface area contributed by atoms with Gasteiger partial charge in [0.25, 0.3) is 0 Å². The van der Waals surface area contributed by atoms with Crippen molar-refractivity contribution in [2.75, 3.05) is 34.2 Å². The van der Waals surface area contributed by atoms with E-state index in [1.165, 1.54) is 11.1 Å². The predicted octanol–water partition coefficient (Wildman–Crippen LogP) is 4.04. The minimum Gasteiger partial charge on any atom is -0.363 e. The molecular formula is C25H33N3O. The van der Waals surface area contributed by atoms with Gasteiger partial charge in [-0.3, -0.25) is 9.79 Å². The fraction of sp³-hybridized carbons (Fsp3) is 0.440. The van der Waals surface area contributed by atoms with E-state index in [2.05, 4.69) is 64.5 Å². The quantitative estimate of drug-likeness (QED) is 0.550. The number of aryl methyl sites for hydroxylation is 1. The normalized spacial score (nSPS) is 15.4. The van der Waals surface area contributed by atoms with E-state index in [-0.39, 0.29) is 5.91 Å². The largest absolute Gasteiger partial charge is 0.363 e. The van der Waals surface area contributed by atoms with Crippen molar-refractivity contribution in [1.29, 1.82) is 0 Å². The smallest absolute Gasteiger partial charge is 0.222 e. The predicted molar refractivity (Wildman–Crippen MR) is 120 cm³/mol. The first kappa shape index (κ1) is 21.1. The standard InChI is InChI=1S/C25H33N3O/c1-26-25(27(2)3)23-12-9-20(10-13-23)11-14-24(29)28-17-15-22(16-18-28)19-21-7-5-4-6-8-21/h4-10,12-13,22H,11,14-19H2,1-3H3. The van der Waals surface area contributed by atoms with E-state index >= 15 is 0 Å². The SMILES string of the molecule is CN=C(c1ccc(CCC(=O)N2CCC(Cc3ccccc3)CC2)cc1)N(C)C. The van der Waals surface area contributed by atoms with Gasteiger partial charge in [0.2, 0.25) is 5.91 Å². The highest BCUT2D eigenvalue weighted by Gasteiger charge is 2.22. The van der Waals surface area contributed by atoms with Crippen LogP contribution < -0.4 is 0 Å². The lowest BCUT2D eigenvalue weighted by atomic mass is 9.90. The summed E-state index contributed by atoms with van der Waals surface area (Å²) in [5, 5.41) is 0. The number of carbonyl (C=O) groups excluding carboxylic acids is 1. The van der Waals surface area contributed by atoms with Gasteiger partial charge in [0, 0.05) is 46.2 Å². The third-order valence-corrected chi connectivity index (χ3v) is 5.81. The number of aliphatic imine (C=N–C) groups is 1. The summed E-state index contributed by atoms with van der Waals surface area (Å²) in [5.74, 6) is 1.95. The van der Waals surface area contributed by atoms with Crippen molar-refractivity contribution in [1.82, 2.24) is 9.80 Å². The van der Waals surface area contributed by atoms with E-state index in [9.17, 15) is 4.79 Å². The van der Waals surface area contributed by atoms with Crippen LogP contribution in [0.15, 0.2) is 59.6 Å². The topological polar surface area (TPSA) is 35.9 Å². The highest BCUT2D eigenvalue weighted by Crippen LogP contribution is 2.22. The number of carbonyl (C=O) groups is 1. The van der Waals surface area contributed by atoms with Gasteiger partial charge in [-0.1, -0.05) is 54.6 Å². The molecule has 0 aromatic heterocycles. The Balaban J connectivity index is 1.44. The van der Waals surface area contributed by atoms with Gasteiger partial charge in [0.05, 0.1) is 0 Å². The van der Waals surface area contributed by atoms with E-state index in [1.54, 1.807) is 0 Å². The lowest BCUT2D eigenvalue weighted by molar-refractivity contribution is -0.132. The Morgan fingerprint density at radius 2 is 1.66 bits per heavy atom. The molecule has 2 aromatic carbocycles. The molecule has 0 radical (unpaired) electrons. The molecule has 4 heteroatoms. The average Bonchev–Trinajstić information content (AvgIpc) is 2.74. The molecule has 0 aliphatic carbocycles. The van der Waals surface area contributed by atoms with Crippen molar-refractivity contribution in [3.05, 3.63) is 71.3 Å². The molecule has 0 N–H and O–H groups in total. The minimum atomic E-state index is 0.288. The second kappa shape index (κ2) is 10.2. The molecule has 1 aliphatic heterocycles. The Labute approximate surface area is 175 Å². The Bertz CT molecular complexity index is 804. The summed E-state index contributed by atoms with van der Waals surface area (Å²) >= 11 is 0. The van der Waals surface area contributed by atoms with Gasteiger partial charge in [-0.25, -0.2) is 0 Å². The number of piperidine rings is 1. The first-order chi connectivity index (χ1) is 14.1. The maximum atomic E-state index is 12.6. The molecule has 4 nitrogen and oxygen atoms in total. The Morgan fingerprint density at radius 1 is 1.00 bits per heavy atom. The van der Waals surface area contributed by atoms with Crippen LogP contribution in [-0.4, -0.2) is 55.8 Å². The highest BCUT2D eigenvalue weighted by atomic mass is 16.2. The number of likely N-dealkylation sites (tertiary alicyclic amines) is 1. The van der Waals surface area contributed by atoms with E-state index in [1.807, 2.05) is 26.0 Å². The molecule has 2 aromatic rings. The first-order valence-electron chi connectivity index (χ1n) is 10.6. The molecule has 1 fully saturated rings. The molecule has 1 amide bonds. The summed E-state index contributed by atoms with van der Waals surface area (Å²) in [6, 6.07) is 19.1. The molecule has 3 rings (SSSR count). The van der Waals surface area contributed by atoms with Gasteiger partial charge < -0.3 is 9.80 Å². The van der Waals surface area contributed by atoms with Crippen molar-refractivity contribution in [2.45, 2.75) is 32.1 Å². The zero-order valence-electron chi connectivity index (χ0n) is 18.0. The molecular weight excluding hydrogens is 358 g/mol. The van der Waals surface area contributed by atoms with Crippen molar-refractivity contribution >= 4 is 11.7 Å². The summed E-state index contributed by atoms with van der Waals surface area (Å²) < 4.78 is 0. The Morgan fingerprint density at radius 3 is 2.24 bits per heavy atom. The second-order valence-corrected chi connectivity index (χ2v) is 8.15. The molecule has 1 saturated heterocycles. The molecule has 0 atom stereocenters.